The number of piperidine rings is 1. The van der Waals surface area contributed by atoms with Crippen LogP contribution in [-0.4, -0.2) is 50.7 Å². The van der Waals surface area contributed by atoms with Gasteiger partial charge in [-0.2, -0.15) is 5.10 Å². The van der Waals surface area contributed by atoms with E-state index in [0.29, 0.717) is 32.2 Å². The first-order valence-corrected chi connectivity index (χ1v) is 11.3. The molecule has 4 rings (SSSR count). The Morgan fingerprint density at radius 1 is 1.31 bits per heavy atom. The molecule has 0 spiro atoms. The number of aromatic nitrogens is 2. The van der Waals surface area contributed by atoms with Crippen LogP contribution in [0.15, 0.2) is 48.3 Å². The van der Waals surface area contributed by atoms with Crippen molar-refractivity contribution in [2.75, 3.05) is 13.1 Å². The molecule has 2 aromatic rings. The van der Waals surface area contributed by atoms with Crippen LogP contribution in [0.25, 0.3) is 0 Å². The summed E-state index contributed by atoms with van der Waals surface area (Å²) in [5, 5.41) is 18.9. The molecule has 1 aromatic carbocycles. The van der Waals surface area contributed by atoms with E-state index in [-0.39, 0.29) is 6.10 Å². The number of oxime groups is 1. The van der Waals surface area contributed by atoms with E-state index < -0.39 is 11.4 Å². The molecule has 2 aliphatic heterocycles. The Balaban J connectivity index is 1.36. The van der Waals surface area contributed by atoms with Crippen LogP contribution in [0.1, 0.15) is 48.1 Å². The zero-order valence-electron chi connectivity index (χ0n) is 19.0. The van der Waals surface area contributed by atoms with Gasteiger partial charge in [-0.3, -0.25) is 14.4 Å². The molecule has 0 bridgehead atoms. The number of rotatable bonds is 8. The van der Waals surface area contributed by atoms with Crippen LogP contribution in [0.5, 0.6) is 0 Å². The number of allylic oxidation sites excluding steroid dienone is 1. The third kappa shape index (κ3) is 4.63. The molecule has 3 heterocycles. The van der Waals surface area contributed by atoms with Crippen molar-refractivity contribution in [2.45, 2.75) is 58.7 Å². The molecule has 170 valence electrons. The van der Waals surface area contributed by atoms with Gasteiger partial charge in [-0.1, -0.05) is 35.5 Å². The van der Waals surface area contributed by atoms with E-state index in [1.807, 2.05) is 35.9 Å². The lowest BCUT2D eigenvalue weighted by Crippen LogP contribution is -2.45. The van der Waals surface area contributed by atoms with Crippen LogP contribution >= 0.6 is 0 Å². The van der Waals surface area contributed by atoms with Crippen molar-refractivity contribution in [2.24, 2.45) is 10.6 Å². The molecule has 0 radical (unpaired) electrons. The average molecular weight is 437 g/mol. The van der Waals surface area contributed by atoms with Crippen molar-refractivity contribution in [3.05, 3.63) is 65.5 Å². The van der Waals surface area contributed by atoms with Gasteiger partial charge >= 0.3 is 5.97 Å². The molecule has 0 unspecified atom stereocenters. The summed E-state index contributed by atoms with van der Waals surface area (Å²) in [6, 6.07) is 8.11. The van der Waals surface area contributed by atoms with E-state index >= 15 is 0 Å². The number of benzene rings is 1. The van der Waals surface area contributed by atoms with Crippen LogP contribution < -0.4 is 0 Å². The Kier molecular flexibility index (Phi) is 6.46. The first kappa shape index (κ1) is 22.3. The Morgan fingerprint density at radius 3 is 2.75 bits per heavy atom. The highest BCUT2D eigenvalue weighted by Crippen LogP contribution is 2.39. The molecule has 2 aliphatic rings. The van der Waals surface area contributed by atoms with Crippen LogP contribution in [-0.2, 0) is 22.7 Å². The zero-order chi connectivity index (χ0) is 22.7. The first-order valence-electron chi connectivity index (χ1n) is 11.3. The minimum absolute atomic E-state index is 0.188. The maximum atomic E-state index is 12.3. The second kappa shape index (κ2) is 9.28. The Labute approximate surface area is 189 Å². The van der Waals surface area contributed by atoms with Crippen LogP contribution in [0.2, 0.25) is 0 Å². The fourth-order valence-corrected chi connectivity index (χ4v) is 4.85. The standard InChI is InChI=1S/C25H32N4O3/c1-4-11-29-17-20(19(3)26-29)16-28-12-9-25(10-13-28,24(30)31)15-21-14-23(27-32-21)22-8-6-5-7-18(22)2/h4-8,17,21H,1,9-16H2,2-3H3,(H,30,31)/t21-/m1/s1. The van der Waals surface area contributed by atoms with Crippen molar-refractivity contribution in [1.82, 2.24) is 14.7 Å². The molecule has 1 N–H and O–H groups in total. The number of hydrogen-bond acceptors (Lipinski definition) is 5. The number of hydrogen-bond donors (Lipinski definition) is 1. The van der Waals surface area contributed by atoms with Crippen molar-refractivity contribution >= 4 is 11.7 Å². The first-order chi connectivity index (χ1) is 15.4. The summed E-state index contributed by atoms with van der Waals surface area (Å²) in [7, 11) is 0. The van der Waals surface area contributed by atoms with Gasteiger partial charge in [-0.15, -0.1) is 6.58 Å². The van der Waals surface area contributed by atoms with Gasteiger partial charge in [0.25, 0.3) is 0 Å². The number of likely N-dealkylation sites (tertiary alicyclic amines) is 1. The Morgan fingerprint density at radius 2 is 2.06 bits per heavy atom. The maximum Gasteiger partial charge on any atom is 0.309 e. The molecule has 0 aliphatic carbocycles. The fourth-order valence-electron chi connectivity index (χ4n) is 4.85. The smallest absolute Gasteiger partial charge is 0.309 e. The molecule has 1 atom stereocenters. The maximum absolute atomic E-state index is 12.3. The summed E-state index contributed by atoms with van der Waals surface area (Å²) < 4.78 is 1.90. The summed E-state index contributed by atoms with van der Waals surface area (Å²) in [6.07, 6.45) is 6.08. The van der Waals surface area contributed by atoms with Crippen LogP contribution in [0.4, 0.5) is 0 Å². The summed E-state index contributed by atoms with van der Waals surface area (Å²) in [4.78, 5) is 20.4. The highest BCUT2D eigenvalue weighted by molar-refractivity contribution is 6.02. The molecule has 1 aromatic heterocycles. The van der Waals surface area contributed by atoms with Crippen molar-refractivity contribution in [1.29, 1.82) is 0 Å². The largest absolute Gasteiger partial charge is 0.481 e. The number of nitrogens with zero attached hydrogens (tertiary/aromatic N) is 4. The van der Waals surface area contributed by atoms with E-state index in [1.165, 1.54) is 5.56 Å². The molecule has 1 saturated heterocycles. The lowest BCUT2D eigenvalue weighted by molar-refractivity contribution is -0.155. The van der Waals surface area contributed by atoms with Gasteiger partial charge in [0.05, 0.1) is 23.4 Å². The zero-order valence-corrected chi connectivity index (χ0v) is 19.0. The van der Waals surface area contributed by atoms with E-state index in [4.69, 9.17) is 4.84 Å². The summed E-state index contributed by atoms with van der Waals surface area (Å²) in [5.74, 6) is -0.722. The summed E-state index contributed by atoms with van der Waals surface area (Å²) >= 11 is 0. The third-order valence-corrected chi connectivity index (χ3v) is 6.83. The van der Waals surface area contributed by atoms with Gasteiger partial charge in [0.2, 0.25) is 0 Å². The van der Waals surface area contributed by atoms with Gasteiger partial charge in [0.1, 0.15) is 6.10 Å². The second-order valence-electron chi connectivity index (χ2n) is 9.10. The summed E-state index contributed by atoms with van der Waals surface area (Å²) in [6.45, 7) is 10.8. The van der Waals surface area contributed by atoms with E-state index in [0.717, 1.165) is 42.2 Å². The van der Waals surface area contributed by atoms with Gasteiger partial charge in [-0.05, 0) is 45.3 Å². The topological polar surface area (TPSA) is 80.0 Å². The van der Waals surface area contributed by atoms with Crippen molar-refractivity contribution in [3.63, 3.8) is 0 Å². The molecule has 7 nitrogen and oxygen atoms in total. The minimum Gasteiger partial charge on any atom is -0.481 e. The van der Waals surface area contributed by atoms with Gasteiger partial charge < -0.3 is 9.94 Å². The number of aryl methyl sites for hydroxylation is 2. The highest BCUT2D eigenvalue weighted by Gasteiger charge is 2.45. The Hall–Kier alpha value is -2.93. The second-order valence-corrected chi connectivity index (χ2v) is 9.10. The Bertz CT molecular complexity index is 1020. The van der Waals surface area contributed by atoms with Crippen LogP contribution in [0, 0.1) is 19.3 Å². The predicted octanol–water partition coefficient (Wildman–Crippen LogP) is 3.94. The van der Waals surface area contributed by atoms with E-state index in [9.17, 15) is 9.90 Å². The molecular formula is C25H32N4O3. The molecule has 32 heavy (non-hydrogen) atoms. The SMILES string of the molecule is C=CCn1cc(CN2CCC(C[C@H]3CC(c4ccccc4C)=NO3)(C(=O)O)CC2)c(C)n1. The molecule has 1 fully saturated rings. The summed E-state index contributed by atoms with van der Waals surface area (Å²) in [5.41, 5.74) is 4.59. The fraction of sp³-hybridized carbons (Fsp3) is 0.480. The predicted molar refractivity (Wildman–Crippen MR) is 124 cm³/mol. The number of carboxylic acids is 1. The van der Waals surface area contributed by atoms with Crippen molar-refractivity contribution < 1.29 is 14.7 Å². The number of carbonyl (C=O) groups is 1. The van der Waals surface area contributed by atoms with E-state index in [1.54, 1.807) is 0 Å². The lowest BCUT2D eigenvalue weighted by atomic mass is 9.73. The van der Waals surface area contributed by atoms with Crippen molar-refractivity contribution in [3.8, 4) is 0 Å². The molecule has 0 amide bonds. The third-order valence-electron chi connectivity index (χ3n) is 6.83. The number of aliphatic carboxylic acids is 1. The molecule has 0 saturated carbocycles. The van der Waals surface area contributed by atoms with Crippen LogP contribution in [0.3, 0.4) is 0 Å². The van der Waals surface area contributed by atoms with E-state index in [2.05, 4.69) is 40.9 Å². The molecule has 7 heteroatoms. The monoisotopic (exact) mass is 436 g/mol. The average Bonchev–Trinajstić information content (AvgIpc) is 3.36. The number of carboxylic acid groups (broad SMARTS) is 1. The lowest BCUT2D eigenvalue weighted by Gasteiger charge is -2.39. The van der Waals surface area contributed by atoms with Gasteiger partial charge in [-0.25, -0.2) is 0 Å². The van der Waals surface area contributed by atoms with Gasteiger partial charge in [0, 0.05) is 36.7 Å². The molecular weight excluding hydrogens is 404 g/mol. The quantitative estimate of drug-likeness (QED) is 0.634. The normalized spacial score (nSPS) is 20.6. The highest BCUT2D eigenvalue weighted by atomic mass is 16.6. The van der Waals surface area contributed by atoms with Gasteiger partial charge in [0.15, 0.2) is 0 Å². The minimum atomic E-state index is -0.764.